The van der Waals surface area contributed by atoms with Gasteiger partial charge in [0.05, 0.1) is 0 Å². The summed E-state index contributed by atoms with van der Waals surface area (Å²) in [5.41, 5.74) is 8.61. The van der Waals surface area contributed by atoms with Gasteiger partial charge in [-0.15, -0.1) is 108 Å². The number of aromatic nitrogens is 3. The van der Waals surface area contributed by atoms with E-state index < -0.39 is 13.2 Å². The summed E-state index contributed by atoms with van der Waals surface area (Å²) in [6.45, 7) is 1.19. The summed E-state index contributed by atoms with van der Waals surface area (Å²) in [4.78, 5) is 13.2. The molecule has 47 heavy (non-hydrogen) atoms. The Morgan fingerprint density at radius 3 is 1.51 bits per heavy atom. The Kier molecular flexibility index (Phi) is 10.9. The van der Waals surface area contributed by atoms with Crippen molar-refractivity contribution in [3.8, 4) is 44.9 Å². The zero-order valence-electron chi connectivity index (χ0n) is 31.1. The van der Waals surface area contributed by atoms with E-state index in [1.165, 1.54) is 12.3 Å². The Balaban J connectivity index is 0.000000189. The van der Waals surface area contributed by atoms with Crippen LogP contribution in [0.4, 0.5) is 0 Å². The summed E-state index contributed by atoms with van der Waals surface area (Å²) in [6.07, 6.45) is -0.977. The van der Waals surface area contributed by atoms with Crippen molar-refractivity contribution in [2.24, 2.45) is 0 Å². The predicted octanol–water partition coefficient (Wildman–Crippen LogP) is 10.5. The number of hydrogen-bond donors (Lipinski definition) is 0. The first kappa shape index (κ1) is 28.2. The van der Waals surface area contributed by atoms with Crippen molar-refractivity contribution in [2.75, 3.05) is 0 Å². The summed E-state index contributed by atoms with van der Waals surface area (Å²) in [7, 11) is 0. The summed E-state index contributed by atoms with van der Waals surface area (Å²) in [6, 6.07) is 54.9. The first-order valence-corrected chi connectivity index (χ1v) is 14.9. The molecule has 232 valence electrons. The van der Waals surface area contributed by atoms with Crippen LogP contribution in [0.2, 0.25) is 0 Å². The van der Waals surface area contributed by atoms with E-state index in [-0.39, 0.29) is 25.7 Å². The van der Waals surface area contributed by atoms with Crippen LogP contribution in [0.3, 0.4) is 0 Å². The molecule has 0 radical (unpaired) electrons. The fourth-order valence-electron chi connectivity index (χ4n) is 4.60. The third-order valence-electron chi connectivity index (χ3n) is 6.86. The van der Waals surface area contributed by atoms with E-state index >= 15 is 0 Å². The van der Waals surface area contributed by atoms with Crippen molar-refractivity contribution in [2.45, 2.75) is 27.1 Å². The molecule has 0 bridgehead atoms. The van der Waals surface area contributed by atoms with E-state index in [4.69, 9.17) is 6.85 Å². The molecule has 3 aromatic heterocycles. The molecule has 0 atom stereocenters. The normalized spacial score (nSPS) is 12.1. The van der Waals surface area contributed by atoms with E-state index in [0.717, 1.165) is 39.5 Å². The van der Waals surface area contributed by atoms with E-state index in [0.29, 0.717) is 16.8 Å². The Labute approximate surface area is 299 Å². The number of hydrogen-bond acceptors (Lipinski definition) is 3. The second-order valence-electron chi connectivity index (χ2n) is 10.3. The maximum atomic E-state index is 8.23. The number of rotatable bonds is 5. The fraction of sp³-hybridized carbons (Fsp3) is 0.0930. The molecule has 0 amide bonds. The Hall–Kier alpha value is -5.02. The minimum atomic E-state index is -2.80. The largest absolute Gasteiger partial charge is 3.00 e. The zero-order chi connectivity index (χ0) is 36.3. The van der Waals surface area contributed by atoms with Gasteiger partial charge in [-0.1, -0.05) is 67.5 Å². The molecule has 0 fully saturated rings. The van der Waals surface area contributed by atoms with E-state index in [2.05, 4.69) is 33.2 Å². The van der Waals surface area contributed by atoms with Gasteiger partial charge in [0.2, 0.25) is 0 Å². The van der Waals surface area contributed by atoms with Crippen LogP contribution in [-0.2, 0) is 26.5 Å². The molecule has 3 nitrogen and oxygen atoms in total. The summed E-state index contributed by atoms with van der Waals surface area (Å²) in [5.74, 6) is 0. The van der Waals surface area contributed by atoms with Gasteiger partial charge in [0.15, 0.2) is 0 Å². The molecule has 0 unspecified atom stereocenters. The monoisotopic (exact) mass is 792 g/mol. The van der Waals surface area contributed by atoms with Crippen LogP contribution in [0, 0.1) is 32.0 Å². The van der Waals surface area contributed by atoms with Gasteiger partial charge in [-0.05, 0) is 60.6 Å². The molecule has 7 rings (SSSR count). The van der Waals surface area contributed by atoms with E-state index in [1.807, 2.05) is 141 Å². The fourth-order valence-corrected chi connectivity index (χ4v) is 4.60. The topological polar surface area (TPSA) is 38.7 Å². The zero-order valence-corrected chi connectivity index (χ0v) is 28.5. The van der Waals surface area contributed by atoms with Gasteiger partial charge < -0.3 is 15.0 Å². The third kappa shape index (κ3) is 10.2. The van der Waals surface area contributed by atoms with Gasteiger partial charge in [0.25, 0.3) is 0 Å². The average molecular weight is 792 g/mol. The standard InChI is InChI=1S/C19H16N.2C12H10N.Ir/c1-2-15-13-19(17-11-7-4-8-12-17)20-14-18(15)16-9-5-3-6-10-16;2*1-10-6-5-9-12(13-10)11-7-3-2-4-8-11;/h3-11,13-14H,2H2,1H3;2*2-7,9H,1H3;/q3*-1;+3/i1D3,2D2;;;. The molecular weight excluding hydrogens is 751 g/mol. The SMILES string of the molecule is Cc1cccc(-c2[c-]cccc2)n1.Cc1cccc(-c2[c-]cccc2)n1.[2H]C([2H])([2H])C([2H])([2H])c1cc(-c2[c-]cccc2)ncc1-c1ccccc1.[Ir+3]. The molecule has 0 spiro atoms. The van der Waals surface area contributed by atoms with Gasteiger partial charge in [0.1, 0.15) is 0 Å². The van der Waals surface area contributed by atoms with Gasteiger partial charge in [-0.3, -0.25) is 0 Å². The van der Waals surface area contributed by atoms with Gasteiger partial charge >= 0.3 is 20.1 Å². The van der Waals surface area contributed by atoms with Crippen molar-refractivity contribution < 1.29 is 27.0 Å². The Bertz CT molecular complexity index is 2050. The first-order valence-electron chi connectivity index (χ1n) is 17.4. The molecule has 0 aliphatic carbocycles. The van der Waals surface area contributed by atoms with Crippen LogP contribution >= 0.6 is 0 Å². The van der Waals surface area contributed by atoms with Gasteiger partial charge in [0, 0.05) is 30.0 Å². The van der Waals surface area contributed by atoms with Crippen molar-refractivity contribution >= 4 is 0 Å². The van der Waals surface area contributed by atoms with E-state index in [1.54, 1.807) is 12.1 Å². The van der Waals surface area contributed by atoms with Crippen LogP contribution in [-0.4, -0.2) is 15.0 Å². The number of aryl methyl sites for hydroxylation is 3. The minimum absolute atomic E-state index is 0. The van der Waals surface area contributed by atoms with Crippen molar-refractivity contribution in [3.63, 3.8) is 0 Å². The number of nitrogens with zero attached hydrogens (tertiary/aromatic N) is 3. The third-order valence-corrected chi connectivity index (χ3v) is 6.86. The molecule has 4 aromatic carbocycles. The van der Waals surface area contributed by atoms with Crippen molar-refractivity contribution in [1.29, 1.82) is 0 Å². The predicted molar refractivity (Wildman–Crippen MR) is 190 cm³/mol. The Morgan fingerprint density at radius 1 is 0.574 bits per heavy atom. The summed E-state index contributed by atoms with van der Waals surface area (Å²) >= 11 is 0. The quantitative estimate of drug-likeness (QED) is 0.163. The molecule has 0 N–H and O–H groups in total. The second kappa shape index (κ2) is 18.2. The van der Waals surface area contributed by atoms with Gasteiger partial charge in [-0.2, -0.15) is 0 Å². The summed E-state index contributed by atoms with van der Waals surface area (Å²) < 4.78 is 39.4. The maximum Gasteiger partial charge on any atom is 3.00 e. The molecule has 0 aliphatic heterocycles. The number of pyridine rings is 3. The van der Waals surface area contributed by atoms with Crippen LogP contribution < -0.4 is 0 Å². The first-order chi connectivity index (χ1) is 24.5. The van der Waals surface area contributed by atoms with Crippen LogP contribution in [0.15, 0.2) is 152 Å². The number of benzene rings is 4. The minimum Gasteiger partial charge on any atom is -0.304 e. The Morgan fingerprint density at radius 2 is 1.06 bits per heavy atom. The molecule has 0 saturated heterocycles. The van der Waals surface area contributed by atoms with Crippen molar-refractivity contribution in [3.05, 3.63) is 187 Å². The molecular formula is C43H36IrN3. The summed E-state index contributed by atoms with van der Waals surface area (Å²) in [5, 5.41) is 0. The molecule has 4 heteroatoms. The van der Waals surface area contributed by atoms with E-state index in [9.17, 15) is 0 Å². The smallest absolute Gasteiger partial charge is 0.304 e. The molecule has 7 aromatic rings. The molecule has 0 aliphatic rings. The van der Waals surface area contributed by atoms with Crippen molar-refractivity contribution in [1.82, 2.24) is 15.0 Å². The van der Waals surface area contributed by atoms with Crippen LogP contribution in [0.25, 0.3) is 44.9 Å². The molecule has 3 heterocycles. The molecule has 0 saturated carbocycles. The van der Waals surface area contributed by atoms with Crippen LogP contribution in [0.1, 0.15) is 30.7 Å². The van der Waals surface area contributed by atoms with Crippen LogP contribution in [0.5, 0.6) is 0 Å². The second-order valence-corrected chi connectivity index (χ2v) is 10.3. The average Bonchev–Trinajstić information content (AvgIpc) is 3.16. The van der Waals surface area contributed by atoms with Gasteiger partial charge in [-0.25, -0.2) is 0 Å². The maximum absolute atomic E-state index is 8.23.